The van der Waals surface area contributed by atoms with Gasteiger partial charge in [0.15, 0.2) is 5.65 Å². The average Bonchev–Trinajstić information content (AvgIpc) is 2.62. The Kier molecular flexibility index (Phi) is 1.48. The van der Waals surface area contributed by atoms with Crippen molar-refractivity contribution in [3.63, 3.8) is 0 Å². The van der Waals surface area contributed by atoms with E-state index in [2.05, 4.69) is 10.2 Å². The van der Waals surface area contributed by atoms with Crippen LogP contribution in [0, 0.1) is 6.92 Å². The van der Waals surface area contributed by atoms with Gasteiger partial charge in [0, 0.05) is 0 Å². The molecule has 0 amide bonds. The number of aromatic amines is 1. The first-order valence-corrected chi connectivity index (χ1v) is 4.73. The Labute approximate surface area is 85.2 Å². The normalized spacial score (nSPS) is 11.3. The zero-order valence-electron chi connectivity index (χ0n) is 8.19. The second kappa shape index (κ2) is 2.70. The summed E-state index contributed by atoms with van der Waals surface area (Å²) in [6, 6.07) is 9.81. The van der Waals surface area contributed by atoms with Crippen molar-refractivity contribution in [2.24, 2.45) is 0 Å². The molecule has 1 N–H and O–H groups in total. The molecular formula is C11H9N3O. The molecule has 15 heavy (non-hydrogen) atoms. The van der Waals surface area contributed by atoms with Crippen LogP contribution in [-0.2, 0) is 0 Å². The number of benzene rings is 1. The highest BCUT2D eigenvalue weighted by molar-refractivity contribution is 5.83. The Morgan fingerprint density at radius 1 is 1.33 bits per heavy atom. The summed E-state index contributed by atoms with van der Waals surface area (Å²) in [5, 5.41) is 7.51. The number of fused-ring (bicyclic) bond motifs is 3. The topological polar surface area (TPSA) is 50.2 Å². The van der Waals surface area contributed by atoms with Gasteiger partial charge in [0.2, 0.25) is 0 Å². The van der Waals surface area contributed by atoms with Gasteiger partial charge >= 0.3 is 5.69 Å². The number of hydrogen-bond acceptors (Lipinski definition) is 2. The van der Waals surface area contributed by atoms with E-state index in [0.717, 1.165) is 16.5 Å². The molecule has 4 heteroatoms. The number of aryl methyl sites for hydroxylation is 1. The van der Waals surface area contributed by atoms with Gasteiger partial charge in [0.25, 0.3) is 0 Å². The first-order chi connectivity index (χ1) is 7.27. The molecule has 4 nitrogen and oxygen atoms in total. The maximum Gasteiger partial charge on any atom is 0.348 e. The molecule has 0 aliphatic rings. The summed E-state index contributed by atoms with van der Waals surface area (Å²) in [7, 11) is 0. The minimum Gasteiger partial charge on any atom is -0.246 e. The number of para-hydroxylation sites is 1. The quantitative estimate of drug-likeness (QED) is 0.596. The van der Waals surface area contributed by atoms with Gasteiger partial charge in [-0.1, -0.05) is 18.2 Å². The van der Waals surface area contributed by atoms with Gasteiger partial charge in [-0.25, -0.2) is 14.3 Å². The number of rotatable bonds is 0. The highest BCUT2D eigenvalue weighted by Gasteiger charge is 2.06. The van der Waals surface area contributed by atoms with Gasteiger partial charge in [-0.3, -0.25) is 0 Å². The Morgan fingerprint density at radius 3 is 3.00 bits per heavy atom. The van der Waals surface area contributed by atoms with Gasteiger partial charge in [0.1, 0.15) is 0 Å². The van der Waals surface area contributed by atoms with Crippen molar-refractivity contribution in [1.29, 1.82) is 0 Å². The minimum atomic E-state index is -0.190. The van der Waals surface area contributed by atoms with Gasteiger partial charge in [-0.2, -0.15) is 5.10 Å². The second-order valence-corrected chi connectivity index (χ2v) is 3.57. The molecule has 0 atom stereocenters. The smallest absolute Gasteiger partial charge is 0.246 e. The lowest BCUT2D eigenvalue weighted by atomic mass is 10.1. The predicted molar refractivity (Wildman–Crippen MR) is 58.1 cm³/mol. The van der Waals surface area contributed by atoms with E-state index < -0.39 is 0 Å². The summed E-state index contributed by atoms with van der Waals surface area (Å²) in [4.78, 5) is 11.6. The van der Waals surface area contributed by atoms with Crippen molar-refractivity contribution >= 4 is 16.6 Å². The van der Waals surface area contributed by atoms with Crippen LogP contribution in [0.3, 0.4) is 0 Å². The lowest BCUT2D eigenvalue weighted by Crippen LogP contribution is -2.10. The van der Waals surface area contributed by atoms with Crippen molar-refractivity contribution in [3.05, 3.63) is 46.4 Å². The van der Waals surface area contributed by atoms with E-state index in [1.54, 1.807) is 4.40 Å². The molecular weight excluding hydrogens is 190 g/mol. The molecule has 1 aromatic carbocycles. The maximum absolute atomic E-state index is 11.6. The van der Waals surface area contributed by atoms with Gasteiger partial charge in [0.05, 0.1) is 5.52 Å². The molecule has 0 saturated carbocycles. The summed E-state index contributed by atoms with van der Waals surface area (Å²) in [5.41, 5.74) is 2.38. The first kappa shape index (κ1) is 8.23. The monoisotopic (exact) mass is 199 g/mol. The van der Waals surface area contributed by atoms with Crippen LogP contribution in [0.2, 0.25) is 0 Å². The van der Waals surface area contributed by atoms with Gasteiger partial charge < -0.3 is 0 Å². The molecule has 0 spiro atoms. The van der Waals surface area contributed by atoms with Gasteiger partial charge in [-0.05, 0) is 30.0 Å². The van der Waals surface area contributed by atoms with Crippen LogP contribution < -0.4 is 5.69 Å². The fourth-order valence-corrected chi connectivity index (χ4v) is 1.90. The third kappa shape index (κ3) is 1.01. The third-order valence-electron chi connectivity index (χ3n) is 2.57. The first-order valence-electron chi connectivity index (χ1n) is 4.73. The molecule has 2 aromatic heterocycles. The van der Waals surface area contributed by atoms with Gasteiger partial charge in [-0.15, -0.1) is 0 Å². The van der Waals surface area contributed by atoms with E-state index in [0.29, 0.717) is 5.65 Å². The summed E-state index contributed by atoms with van der Waals surface area (Å²) in [6.07, 6.45) is 0. The molecule has 0 radical (unpaired) electrons. The molecule has 0 aliphatic heterocycles. The van der Waals surface area contributed by atoms with Crippen molar-refractivity contribution in [2.75, 3.05) is 0 Å². The Balaban J connectivity index is 2.74. The maximum atomic E-state index is 11.6. The predicted octanol–water partition coefficient (Wildman–Crippen LogP) is 1.48. The van der Waals surface area contributed by atoms with Crippen LogP contribution in [-0.4, -0.2) is 14.6 Å². The summed E-state index contributed by atoms with van der Waals surface area (Å²) >= 11 is 0. The zero-order valence-corrected chi connectivity index (χ0v) is 8.19. The summed E-state index contributed by atoms with van der Waals surface area (Å²) in [6.45, 7) is 1.95. The number of pyridine rings is 1. The molecule has 2 heterocycles. The van der Waals surface area contributed by atoms with Crippen LogP contribution in [0.1, 0.15) is 5.56 Å². The average molecular weight is 199 g/mol. The Bertz CT molecular complexity index is 708. The third-order valence-corrected chi connectivity index (χ3v) is 2.57. The highest BCUT2D eigenvalue weighted by atomic mass is 16.1. The van der Waals surface area contributed by atoms with E-state index >= 15 is 0 Å². The Morgan fingerprint density at radius 2 is 2.13 bits per heavy atom. The van der Waals surface area contributed by atoms with Crippen LogP contribution in [0.5, 0.6) is 0 Å². The Hall–Kier alpha value is -2.10. The second-order valence-electron chi connectivity index (χ2n) is 3.57. The lowest BCUT2D eigenvalue weighted by molar-refractivity contribution is 1.04. The number of aromatic nitrogens is 3. The van der Waals surface area contributed by atoms with E-state index in [-0.39, 0.29) is 5.69 Å². The largest absolute Gasteiger partial charge is 0.348 e. The van der Waals surface area contributed by atoms with Crippen molar-refractivity contribution < 1.29 is 0 Å². The van der Waals surface area contributed by atoms with Crippen LogP contribution in [0.25, 0.3) is 16.6 Å². The SMILES string of the molecule is Cc1cc2ccccc2n2c(=O)[nH]nc12. The standard InChI is InChI=1S/C11H9N3O/c1-7-6-8-4-2-3-5-9(8)14-10(7)12-13-11(14)15/h2-6H,1H3,(H,13,15). The van der Waals surface area contributed by atoms with Crippen molar-refractivity contribution in [3.8, 4) is 0 Å². The lowest BCUT2D eigenvalue weighted by Gasteiger charge is -2.02. The summed E-state index contributed by atoms with van der Waals surface area (Å²) in [5.74, 6) is 0. The molecule has 3 rings (SSSR count). The zero-order chi connectivity index (χ0) is 10.4. The number of hydrogen-bond donors (Lipinski definition) is 1. The van der Waals surface area contributed by atoms with Crippen LogP contribution >= 0.6 is 0 Å². The fourth-order valence-electron chi connectivity index (χ4n) is 1.90. The number of H-pyrrole nitrogens is 1. The van der Waals surface area contributed by atoms with Crippen molar-refractivity contribution in [1.82, 2.24) is 14.6 Å². The van der Waals surface area contributed by atoms with E-state index in [4.69, 9.17) is 0 Å². The molecule has 0 fully saturated rings. The molecule has 74 valence electrons. The molecule has 0 aliphatic carbocycles. The van der Waals surface area contributed by atoms with Crippen LogP contribution in [0.4, 0.5) is 0 Å². The molecule has 0 bridgehead atoms. The molecule has 0 unspecified atom stereocenters. The number of nitrogens with one attached hydrogen (secondary N) is 1. The summed E-state index contributed by atoms with van der Waals surface area (Å²) < 4.78 is 1.60. The molecule has 3 aromatic rings. The van der Waals surface area contributed by atoms with Crippen molar-refractivity contribution in [2.45, 2.75) is 6.92 Å². The van der Waals surface area contributed by atoms with E-state index in [9.17, 15) is 4.79 Å². The highest BCUT2D eigenvalue weighted by Crippen LogP contribution is 2.17. The fraction of sp³-hybridized carbons (Fsp3) is 0.0909. The van der Waals surface area contributed by atoms with E-state index in [1.165, 1.54) is 0 Å². The number of nitrogens with zero attached hydrogens (tertiary/aromatic N) is 2. The molecule has 0 saturated heterocycles. The van der Waals surface area contributed by atoms with E-state index in [1.807, 2.05) is 37.3 Å². The minimum absolute atomic E-state index is 0.190. The van der Waals surface area contributed by atoms with Crippen LogP contribution in [0.15, 0.2) is 35.1 Å².